The summed E-state index contributed by atoms with van der Waals surface area (Å²) < 4.78 is 28.8. The molecule has 0 bridgehead atoms. The van der Waals surface area contributed by atoms with E-state index < -0.39 is 28.3 Å². The zero-order valence-electron chi connectivity index (χ0n) is 14.8. The highest BCUT2D eigenvalue weighted by Crippen LogP contribution is 2.13. The van der Waals surface area contributed by atoms with Crippen LogP contribution in [0.15, 0.2) is 46.1 Å². The minimum absolute atomic E-state index is 0.0756. The molecule has 0 aliphatic rings. The predicted molar refractivity (Wildman–Crippen MR) is 97.3 cm³/mol. The number of benzene rings is 1. The Bertz CT molecular complexity index is 996. The van der Waals surface area contributed by atoms with E-state index in [4.69, 9.17) is 4.74 Å². The van der Waals surface area contributed by atoms with Gasteiger partial charge in [-0.15, -0.1) is 0 Å². The van der Waals surface area contributed by atoms with Crippen molar-refractivity contribution < 1.29 is 22.7 Å². The van der Waals surface area contributed by atoms with Gasteiger partial charge in [0.1, 0.15) is 0 Å². The highest BCUT2D eigenvalue weighted by atomic mass is 32.2. The Morgan fingerprint density at radius 3 is 2.41 bits per heavy atom. The van der Waals surface area contributed by atoms with E-state index >= 15 is 0 Å². The average molecular weight is 393 g/mol. The Kier molecular flexibility index (Phi) is 6.45. The molecule has 1 heterocycles. The molecule has 2 rings (SSSR count). The maximum atomic E-state index is 12.0. The SMILES string of the molecule is CCCn1nc(C(=O)OCC(=O)Nc2ccc(S(C)(=O)=O)cc2)ccc1=O. The van der Waals surface area contributed by atoms with E-state index in [1.165, 1.54) is 36.4 Å². The largest absolute Gasteiger partial charge is 0.451 e. The Hall–Kier alpha value is -3.01. The molecule has 144 valence electrons. The fourth-order valence-corrected chi connectivity index (χ4v) is 2.75. The van der Waals surface area contributed by atoms with E-state index in [1.54, 1.807) is 0 Å². The predicted octanol–water partition coefficient (Wildman–Crippen LogP) is 0.852. The van der Waals surface area contributed by atoms with Crippen molar-refractivity contribution in [2.75, 3.05) is 18.2 Å². The minimum Gasteiger partial charge on any atom is -0.451 e. The van der Waals surface area contributed by atoms with Gasteiger partial charge in [0.15, 0.2) is 22.1 Å². The summed E-state index contributed by atoms with van der Waals surface area (Å²) in [5.74, 6) is -1.43. The topological polar surface area (TPSA) is 124 Å². The number of nitrogens with zero attached hydrogens (tertiary/aromatic N) is 2. The number of amides is 1. The molecule has 1 amide bonds. The van der Waals surface area contributed by atoms with Crippen LogP contribution in [-0.4, -0.2) is 42.9 Å². The number of carbonyl (C=O) groups is 2. The molecular weight excluding hydrogens is 374 g/mol. The molecule has 0 atom stereocenters. The maximum absolute atomic E-state index is 12.0. The molecule has 0 saturated carbocycles. The molecule has 0 aliphatic heterocycles. The van der Waals surface area contributed by atoms with Crippen molar-refractivity contribution in [3.05, 3.63) is 52.4 Å². The Labute approximate surface area is 155 Å². The number of carbonyl (C=O) groups excluding carboxylic acids is 2. The normalized spacial score (nSPS) is 11.0. The Morgan fingerprint density at radius 1 is 1.15 bits per heavy atom. The zero-order valence-corrected chi connectivity index (χ0v) is 15.7. The van der Waals surface area contributed by atoms with Crippen LogP contribution in [0.1, 0.15) is 23.8 Å². The first-order valence-electron chi connectivity index (χ1n) is 8.06. The molecule has 2 aromatic rings. The fraction of sp³-hybridized carbons (Fsp3) is 0.294. The summed E-state index contributed by atoms with van der Waals surface area (Å²) >= 11 is 0. The van der Waals surface area contributed by atoms with Crippen molar-refractivity contribution in [2.45, 2.75) is 24.8 Å². The summed E-state index contributed by atoms with van der Waals surface area (Å²) in [6, 6.07) is 8.02. The van der Waals surface area contributed by atoms with Crippen LogP contribution in [0, 0.1) is 0 Å². The fourth-order valence-electron chi connectivity index (χ4n) is 2.12. The molecule has 0 spiro atoms. The molecule has 0 aliphatic carbocycles. The van der Waals surface area contributed by atoms with Crippen molar-refractivity contribution in [1.29, 1.82) is 0 Å². The lowest BCUT2D eigenvalue weighted by atomic mass is 10.3. The van der Waals surface area contributed by atoms with E-state index in [0.717, 1.165) is 10.9 Å². The summed E-state index contributed by atoms with van der Waals surface area (Å²) in [6.45, 7) is 1.68. The van der Waals surface area contributed by atoms with Gasteiger partial charge in [-0.2, -0.15) is 5.10 Å². The average Bonchev–Trinajstić information content (AvgIpc) is 2.61. The number of sulfone groups is 1. The second-order valence-corrected chi connectivity index (χ2v) is 7.72. The van der Waals surface area contributed by atoms with Crippen molar-refractivity contribution in [1.82, 2.24) is 9.78 Å². The van der Waals surface area contributed by atoms with E-state index in [9.17, 15) is 22.8 Å². The Balaban J connectivity index is 1.94. The summed E-state index contributed by atoms with van der Waals surface area (Å²) in [5, 5.41) is 6.38. The van der Waals surface area contributed by atoms with Crippen LogP contribution in [0.2, 0.25) is 0 Å². The number of anilines is 1. The van der Waals surface area contributed by atoms with Crippen LogP contribution in [0.5, 0.6) is 0 Å². The van der Waals surface area contributed by atoms with Gasteiger partial charge in [-0.3, -0.25) is 9.59 Å². The lowest BCUT2D eigenvalue weighted by Gasteiger charge is -2.08. The second kappa shape index (κ2) is 8.58. The van der Waals surface area contributed by atoms with Crippen molar-refractivity contribution >= 4 is 27.4 Å². The Morgan fingerprint density at radius 2 is 1.81 bits per heavy atom. The van der Waals surface area contributed by atoms with Crippen LogP contribution in [0.25, 0.3) is 0 Å². The lowest BCUT2D eigenvalue weighted by molar-refractivity contribution is -0.119. The van der Waals surface area contributed by atoms with Crippen molar-refractivity contribution in [3.63, 3.8) is 0 Å². The van der Waals surface area contributed by atoms with Gasteiger partial charge >= 0.3 is 5.97 Å². The number of esters is 1. The first-order chi connectivity index (χ1) is 12.7. The van der Waals surface area contributed by atoms with Crippen molar-refractivity contribution in [2.24, 2.45) is 0 Å². The first kappa shape index (κ1) is 20.3. The summed E-state index contributed by atoms with van der Waals surface area (Å²) in [5.41, 5.74) is -0.0462. The number of rotatable bonds is 7. The molecule has 0 radical (unpaired) electrons. The quantitative estimate of drug-likeness (QED) is 0.692. The molecule has 1 aromatic carbocycles. The minimum atomic E-state index is -3.32. The van der Waals surface area contributed by atoms with Crippen LogP contribution in [0.3, 0.4) is 0 Å². The number of aromatic nitrogens is 2. The van der Waals surface area contributed by atoms with E-state index in [2.05, 4.69) is 10.4 Å². The number of hydrogen-bond donors (Lipinski definition) is 1. The summed E-state index contributed by atoms with van der Waals surface area (Å²) in [6.07, 6.45) is 1.75. The zero-order chi connectivity index (χ0) is 20.0. The van der Waals surface area contributed by atoms with Gasteiger partial charge in [-0.1, -0.05) is 6.92 Å². The lowest BCUT2D eigenvalue weighted by Crippen LogP contribution is -2.26. The highest BCUT2D eigenvalue weighted by molar-refractivity contribution is 7.90. The monoisotopic (exact) mass is 393 g/mol. The number of nitrogens with one attached hydrogen (secondary N) is 1. The third-order valence-corrected chi connectivity index (χ3v) is 4.54. The van der Waals surface area contributed by atoms with E-state index in [-0.39, 0.29) is 16.1 Å². The van der Waals surface area contributed by atoms with Gasteiger partial charge in [0.05, 0.1) is 4.90 Å². The van der Waals surface area contributed by atoms with E-state index in [0.29, 0.717) is 18.7 Å². The molecule has 1 N–H and O–H groups in total. The highest BCUT2D eigenvalue weighted by Gasteiger charge is 2.14. The number of ether oxygens (including phenoxy) is 1. The first-order valence-corrected chi connectivity index (χ1v) is 9.95. The number of aryl methyl sites for hydroxylation is 1. The standard InChI is InChI=1S/C17H19N3O6S/c1-3-10-20-16(22)9-8-14(19-20)17(23)26-11-15(21)18-12-4-6-13(7-5-12)27(2,24)25/h4-9H,3,10-11H2,1-2H3,(H,18,21). The van der Waals surface area contributed by atoms with Crippen LogP contribution < -0.4 is 10.9 Å². The summed E-state index contributed by atoms with van der Waals surface area (Å²) in [4.78, 5) is 35.6. The molecular formula is C17H19N3O6S. The third-order valence-electron chi connectivity index (χ3n) is 3.41. The van der Waals surface area contributed by atoms with Gasteiger partial charge in [0.25, 0.3) is 11.5 Å². The smallest absolute Gasteiger partial charge is 0.359 e. The van der Waals surface area contributed by atoms with Gasteiger partial charge in [0, 0.05) is 24.6 Å². The van der Waals surface area contributed by atoms with Gasteiger partial charge in [-0.25, -0.2) is 17.9 Å². The molecule has 10 heteroatoms. The van der Waals surface area contributed by atoms with Gasteiger partial charge in [0.2, 0.25) is 0 Å². The molecule has 27 heavy (non-hydrogen) atoms. The van der Waals surface area contributed by atoms with Crippen LogP contribution in [-0.2, 0) is 25.9 Å². The molecule has 1 aromatic heterocycles. The number of hydrogen-bond acceptors (Lipinski definition) is 7. The third kappa shape index (κ3) is 5.74. The van der Waals surface area contributed by atoms with Gasteiger partial charge in [-0.05, 0) is 36.8 Å². The molecule has 0 unspecified atom stereocenters. The molecule has 9 nitrogen and oxygen atoms in total. The maximum Gasteiger partial charge on any atom is 0.359 e. The van der Waals surface area contributed by atoms with Crippen molar-refractivity contribution in [3.8, 4) is 0 Å². The van der Waals surface area contributed by atoms with E-state index in [1.807, 2.05) is 6.92 Å². The van der Waals surface area contributed by atoms with Crippen LogP contribution in [0.4, 0.5) is 5.69 Å². The summed E-state index contributed by atoms with van der Waals surface area (Å²) in [7, 11) is -3.32. The van der Waals surface area contributed by atoms with Crippen LogP contribution >= 0.6 is 0 Å². The van der Waals surface area contributed by atoms with Gasteiger partial charge < -0.3 is 10.1 Å². The second-order valence-electron chi connectivity index (χ2n) is 5.70. The molecule has 0 fully saturated rings. The molecule has 0 saturated heterocycles.